The largest absolute Gasteiger partial charge is 0.378 e. The van der Waals surface area contributed by atoms with Crippen molar-refractivity contribution in [3.8, 4) is 0 Å². The van der Waals surface area contributed by atoms with E-state index in [-0.39, 0.29) is 24.4 Å². The maximum Gasteiger partial charge on any atom is 0.261 e. The molecule has 1 fully saturated rings. The van der Waals surface area contributed by atoms with Crippen LogP contribution in [0.3, 0.4) is 0 Å². The van der Waals surface area contributed by atoms with Crippen molar-refractivity contribution < 1.29 is 9.53 Å². The highest BCUT2D eigenvalue weighted by atomic mass is 16.5. The van der Waals surface area contributed by atoms with Crippen molar-refractivity contribution in [3.63, 3.8) is 0 Å². The van der Waals surface area contributed by atoms with Crippen LogP contribution < -0.4 is 15.8 Å². The van der Waals surface area contributed by atoms with Gasteiger partial charge in [-0.2, -0.15) is 0 Å². The molecule has 1 aliphatic heterocycles. The number of hydrogen-bond acceptors (Lipinski definition) is 6. The first-order chi connectivity index (χ1) is 14.6. The SMILES string of the molecule is Cc1cccc2c(=O)n(CCC(=O)NCc3cccnc3N3CCOCC3)cnc12. The zero-order chi connectivity index (χ0) is 20.9. The molecule has 0 radical (unpaired) electrons. The molecule has 1 N–H and O–H groups in total. The molecule has 1 aliphatic rings. The lowest BCUT2D eigenvalue weighted by Gasteiger charge is -2.29. The van der Waals surface area contributed by atoms with E-state index in [1.54, 1.807) is 12.3 Å². The Balaban J connectivity index is 1.38. The molecule has 3 aromatic rings. The first-order valence-electron chi connectivity index (χ1n) is 10.1. The van der Waals surface area contributed by atoms with Crippen LogP contribution >= 0.6 is 0 Å². The summed E-state index contributed by atoms with van der Waals surface area (Å²) in [6.45, 7) is 5.53. The minimum atomic E-state index is -0.127. The maximum absolute atomic E-state index is 12.7. The van der Waals surface area contributed by atoms with Gasteiger partial charge in [0.25, 0.3) is 5.56 Å². The molecular weight excluding hydrogens is 382 g/mol. The summed E-state index contributed by atoms with van der Waals surface area (Å²) in [6.07, 6.45) is 3.48. The fraction of sp³-hybridized carbons (Fsp3) is 0.364. The standard InChI is InChI=1S/C22H25N5O3/c1-16-4-2-6-18-20(16)25-15-27(22(18)29)9-7-19(28)24-14-17-5-3-8-23-21(17)26-10-12-30-13-11-26/h2-6,8,15H,7,9-14H2,1H3,(H,24,28). The molecule has 2 aromatic heterocycles. The van der Waals surface area contributed by atoms with Gasteiger partial charge in [-0.25, -0.2) is 9.97 Å². The van der Waals surface area contributed by atoms with Crippen LogP contribution in [0.5, 0.6) is 0 Å². The molecule has 0 bridgehead atoms. The highest BCUT2D eigenvalue weighted by molar-refractivity contribution is 5.80. The number of pyridine rings is 1. The van der Waals surface area contributed by atoms with Crippen LogP contribution in [0.1, 0.15) is 17.5 Å². The molecule has 30 heavy (non-hydrogen) atoms. The molecule has 4 rings (SSSR count). The van der Waals surface area contributed by atoms with E-state index in [1.165, 1.54) is 10.9 Å². The van der Waals surface area contributed by atoms with Crippen molar-refractivity contribution in [2.75, 3.05) is 31.2 Å². The fourth-order valence-electron chi connectivity index (χ4n) is 3.63. The molecule has 3 heterocycles. The van der Waals surface area contributed by atoms with Gasteiger partial charge in [-0.1, -0.05) is 18.2 Å². The van der Waals surface area contributed by atoms with Crippen molar-refractivity contribution >= 4 is 22.6 Å². The monoisotopic (exact) mass is 407 g/mol. The van der Waals surface area contributed by atoms with Crippen molar-refractivity contribution in [2.24, 2.45) is 0 Å². The zero-order valence-electron chi connectivity index (χ0n) is 17.0. The lowest BCUT2D eigenvalue weighted by atomic mass is 10.1. The normalized spacial score (nSPS) is 14.1. The molecule has 0 spiro atoms. The van der Waals surface area contributed by atoms with E-state index in [9.17, 15) is 9.59 Å². The number of morpholine rings is 1. The topological polar surface area (TPSA) is 89.4 Å². The van der Waals surface area contributed by atoms with Gasteiger partial charge in [-0.05, 0) is 24.6 Å². The number of nitrogens with zero attached hydrogens (tertiary/aromatic N) is 4. The number of carbonyl (C=O) groups is 1. The van der Waals surface area contributed by atoms with E-state index in [0.717, 1.165) is 30.0 Å². The van der Waals surface area contributed by atoms with Gasteiger partial charge in [0.1, 0.15) is 5.82 Å². The number of rotatable bonds is 6. The van der Waals surface area contributed by atoms with Gasteiger partial charge in [-0.3, -0.25) is 14.2 Å². The summed E-state index contributed by atoms with van der Waals surface area (Å²) < 4.78 is 6.89. The molecule has 0 unspecified atom stereocenters. The molecule has 0 atom stereocenters. The lowest BCUT2D eigenvalue weighted by Crippen LogP contribution is -2.38. The number of hydrogen-bond donors (Lipinski definition) is 1. The van der Waals surface area contributed by atoms with Crippen LogP contribution in [0.25, 0.3) is 10.9 Å². The number of amides is 1. The van der Waals surface area contributed by atoms with Crippen LogP contribution in [0.2, 0.25) is 0 Å². The second-order valence-electron chi connectivity index (χ2n) is 7.33. The molecule has 1 saturated heterocycles. The number of ether oxygens (including phenoxy) is 1. The number of para-hydroxylation sites is 1. The van der Waals surface area contributed by atoms with E-state index in [0.29, 0.717) is 30.7 Å². The zero-order valence-corrected chi connectivity index (χ0v) is 17.0. The van der Waals surface area contributed by atoms with E-state index in [1.807, 2.05) is 31.2 Å². The molecule has 156 valence electrons. The number of nitrogens with one attached hydrogen (secondary N) is 1. The van der Waals surface area contributed by atoms with Gasteiger partial charge in [0, 0.05) is 44.4 Å². The van der Waals surface area contributed by atoms with Crippen molar-refractivity contribution in [1.82, 2.24) is 19.9 Å². The third kappa shape index (κ3) is 4.33. The van der Waals surface area contributed by atoms with Gasteiger partial charge in [0.15, 0.2) is 0 Å². The average Bonchev–Trinajstić information content (AvgIpc) is 2.78. The predicted molar refractivity (Wildman–Crippen MR) is 114 cm³/mol. The quantitative estimate of drug-likeness (QED) is 0.668. The fourth-order valence-corrected chi connectivity index (χ4v) is 3.63. The highest BCUT2D eigenvalue weighted by Crippen LogP contribution is 2.18. The van der Waals surface area contributed by atoms with Crippen molar-refractivity contribution in [2.45, 2.75) is 26.4 Å². The van der Waals surface area contributed by atoms with Gasteiger partial charge in [0.05, 0.1) is 30.4 Å². The summed E-state index contributed by atoms with van der Waals surface area (Å²) in [4.78, 5) is 36.1. The van der Waals surface area contributed by atoms with Crippen LogP contribution in [-0.4, -0.2) is 46.7 Å². The first kappa shape index (κ1) is 20.0. The second kappa shape index (κ2) is 9.04. The summed E-state index contributed by atoms with van der Waals surface area (Å²) in [5.41, 5.74) is 2.50. The number of fused-ring (bicyclic) bond motifs is 1. The van der Waals surface area contributed by atoms with E-state index in [4.69, 9.17) is 4.74 Å². The first-order valence-corrected chi connectivity index (χ1v) is 10.1. The number of carbonyl (C=O) groups excluding carboxylic acids is 1. The number of aromatic nitrogens is 3. The second-order valence-corrected chi connectivity index (χ2v) is 7.33. The number of benzene rings is 1. The van der Waals surface area contributed by atoms with Gasteiger partial charge >= 0.3 is 0 Å². The van der Waals surface area contributed by atoms with E-state index < -0.39 is 0 Å². The summed E-state index contributed by atoms with van der Waals surface area (Å²) in [5, 5.41) is 3.51. The Morgan fingerprint density at radius 3 is 2.83 bits per heavy atom. The van der Waals surface area contributed by atoms with Crippen LogP contribution in [0.15, 0.2) is 47.7 Å². The van der Waals surface area contributed by atoms with Crippen LogP contribution in [0.4, 0.5) is 5.82 Å². The van der Waals surface area contributed by atoms with Crippen molar-refractivity contribution in [1.29, 1.82) is 0 Å². The Morgan fingerprint density at radius 1 is 1.17 bits per heavy atom. The molecule has 0 saturated carbocycles. The van der Waals surface area contributed by atoms with Gasteiger partial charge < -0.3 is 15.0 Å². The minimum absolute atomic E-state index is 0.122. The lowest BCUT2D eigenvalue weighted by molar-refractivity contribution is -0.121. The highest BCUT2D eigenvalue weighted by Gasteiger charge is 2.16. The third-order valence-corrected chi connectivity index (χ3v) is 5.29. The Hall–Kier alpha value is -3.26. The van der Waals surface area contributed by atoms with Crippen LogP contribution in [0, 0.1) is 6.92 Å². The predicted octanol–water partition coefficient (Wildman–Crippen LogP) is 1.64. The third-order valence-electron chi connectivity index (χ3n) is 5.29. The Labute approximate surface area is 174 Å². The van der Waals surface area contributed by atoms with Gasteiger partial charge in [0.2, 0.25) is 5.91 Å². The maximum atomic E-state index is 12.7. The summed E-state index contributed by atoms with van der Waals surface area (Å²) in [7, 11) is 0. The smallest absolute Gasteiger partial charge is 0.261 e. The number of aryl methyl sites for hydroxylation is 2. The van der Waals surface area contributed by atoms with Crippen LogP contribution in [-0.2, 0) is 22.6 Å². The molecule has 1 aromatic carbocycles. The summed E-state index contributed by atoms with van der Waals surface area (Å²) in [6, 6.07) is 9.38. The minimum Gasteiger partial charge on any atom is -0.378 e. The summed E-state index contributed by atoms with van der Waals surface area (Å²) in [5.74, 6) is 0.759. The number of anilines is 1. The molecular formula is C22H25N5O3. The Kier molecular flexibility index (Phi) is 6.04. The van der Waals surface area contributed by atoms with E-state index in [2.05, 4.69) is 20.2 Å². The van der Waals surface area contributed by atoms with Crippen molar-refractivity contribution in [3.05, 3.63) is 64.3 Å². The molecule has 1 amide bonds. The Bertz CT molecular complexity index is 1110. The van der Waals surface area contributed by atoms with Gasteiger partial charge in [-0.15, -0.1) is 0 Å². The summed E-state index contributed by atoms with van der Waals surface area (Å²) >= 11 is 0. The average molecular weight is 407 g/mol. The Morgan fingerprint density at radius 2 is 2.00 bits per heavy atom. The molecule has 8 nitrogen and oxygen atoms in total. The molecule has 0 aliphatic carbocycles. The molecule has 8 heteroatoms. The van der Waals surface area contributed by atoms with E-state index >= 15 is 0 Å².